The number of aliphatic carboxylic acids is 1. The van der Waals surface area contributed by atoms with Crippen LogP contribution in [-0.2, 0) is 9.59 Å². The predicted molar refractivity (Wildman–Crippen MR) is 68.4 cm³/mol. The first kappa shape index (κ1) is 15.5. The van der Waals surface area contributed by atoms with Crippen molar-refractivity contribution in [1.29, 1.82) is 0 Å². The van der Waals surface area contributed by atoms with Crippen LogP contribution < -0.4 is 5.32 Å². The summed E-state index contributed by atoms with van der Waals surface area (Å²) in [5.41, 5.74) is 0. The van der Waals surface area contributed by atoms with Gasteiger partial charge in [-0.3, -0.25) is 4.79 Å². The highest BCUT2D eigenvalue weighted by Crippen LogP contribution is 2.21. The van der Waals surface area contributed by atoms with E-state index in [1.54, 1.807) is 18.2 Å². The Morgan fingerprint density at radius 3 is 2.63 bits per heavy atom. The van der Waals surface area contributed by atoms with Crippen molar-refractivity contribution >= 4 is 23.6 Å². The van der Waals surface area contributed by atoms with Gasteiger partial charge in [-0.05, 0) is 12.1 Å². The molecule has 1 aromatic carbocycles. The number of benzene rings is 1. The zero-order valence-electron chi connectivity index (χ0n) is 10.0. The van der Waals surface area contributed by atoms with Gasteiger partial charge in [-0.25, -0.2) is 9.18 Å². The molecule has 3 N–H and O–H groups in total. The number of carbonyl (C=O) groups is 2. The van der Waals surface area contributed by atoms with Gasteiger partial charge in [0, 0.05) is 17.1 Å². The highest BCUT2D eigenvalue weighted by atomic mass is 32.2. The first-order valence-corrected chi connectivity index (χ1v) is 6.53. The fraction of sp³-hybridized carbons (Fsp3) is 0.333. The van der Waals surface area contributed by atoms with Crippen LogP contribution in [0.4, 0.5) is 4.39 Å². The van der Waals surface area contributed by atoms with Crippen molar-refractivity contribution < 1.29 is 24.2 Å². The van der Waals surface area contributed by atoms with Gasteiger partial charge in [0.15, 0.2) is 0 Å². The molecule has 1 amide bonds. The monoisotopic (exact) mass is 287 g/mol. The standard InChI is InChI=1S/C12H14FNO4S/c13-8-3-1-2-4-10(8)19-6-5-11(16)14-9(7-15)12(17)18/h1-4,9,15H,5-7H2,(H,14,16)(H,17,18). The van der Waals surface area contributed by atoms with E-state index in [-0.39, 0.29) is 12.2 Å². The fourth-order valence-corrected chi connectivity index (χ4v) is 2.16. The number of carbonyl (C=O) groups excluding carboxylic acids is 1. The molecule has 0 bridgehead atoms. The van der Waals surface area contributed by atoms with Gasteiger partial charge in [-0.1, -0.05) is 12.1 Å². The number of rotatable bonds is 7. The van der Waals surface area contributed by atoms with E-state index in [1.165, 1.54) is 17.8 Å². The molecular formula is C12H14FNO4S. The summed E-state index contributed by atoms with van der Waals surface area (Å²) in [7, 11) is 0. The van der Waals surface area contributed by atoms with Gasteiger partial charge in [-0.15, -0.1) is 11.8 Å². The molecule has 0 saturated carbocycles. The third kappa shape index (κ3) is 5.27. The van der Waals surface area contributed by atoms with Crippen LogP contribution >= 0.6 is 11.8 Å². The van der Waals surface area contributed by atoms with Crippen LogP contribution in [0.1, 0.15) is 6.42 Å². The van der Waals surface area contributed by atoms with Gasteiger partial charge >= 0.3 is 5.97 Å². The van der Waals surface area contributed by atoms with E-state index in [1.807, 2.05) is 0 Å². The van der Waals surface area contributed by atoms with Crippen LogP contribution in [0, 0.1) is 5.82 Å². The maximum atomic E-state index is 13.3. The number of thioether (sulfide) groups is 1. The summed E-state index contributed by atoms with van der Waals surface area (Å²) in [6, 6.07) is 4.90. The second-order valence-corrected chi connectivity index (χ2v) is 4.81. The van der Waals surface area contributed by atoms with Crippen LogP contribution in [0.3, 0.4) is 0 Å². The lowest BCUT2D eigenvalue weighted by Gasteiger charge is -2.11. The molecule has 5 nitrogen and oxygen atoms in total. The Bertz CT molecular complexity index is 455. The van der Waals surface area contributed by atoms with Gasteiger partial charge < -0.3 is 15.5 Å². The molecule has 0 aliphatic heterocycles. The average Bonchev–Trinajstić information content (AvgIpc) is 2.38. The molecule has 0 spiro atoms. The lowest BCUT2D eigenvalue weighted by Crippen LogP contribution is -2.43. The summed E-state index contributed by atoms with van der Waals surface area (Å²) in [6.45, 7) is -0.665. The highest BCUT2D eigenvalue weighted by molar-refractivity contribution is 7.99. The molecule has 1 atom stereocenters. The fourth-order valence-electron chi connectivity index (χ4n) is 1.27. The van der Waals surface area contributed by atoms with Crippen LogP contribution in [0.15, 0.2) is 29.2 Å². The van der Waals surface area contributed by atoms with Gasteiger partial charge in [0.25, 0.3) is 0 Å². The zero-order chi connectivity index (χ0) is 14.3. The van der Waals surface area contributed by atoms with Gasteiger partial charge in [0.05, 0.1) is 6.61 Å². The Labute approximate surface area is 113 Å². The molecule has 0 aliphatic carbocycles. The molecule has 0 aromatic heterocycles. The second-order valence-electron chi connectivity index (χ2n) is 3.67. The molecule has 19 heavy (non-hydrogen) atoms. The topological polar surface area (TPSA) is 86.6 Å². The Morgan fingerprint density at radius 2 is 2.05 bits per heavy atom. The van der Waals surface area contributed by atoms with Crippen molar-refractivity contribution in [3.8, 4) is 0 Å². The number of carboxylic acid groups (broad SMARTS) is 1. The molecule has 1 unspecified atom stereocenters. The number of amides is 1. The Kier molecular flexibility index (Phi) is 6.31. The van der Waals surface area contributed by atoms with E-state index in [2.05, 4.69) is 5.32 Å². The number of hydrogen-bond donors (Lipinski definition) is 3. The Hall–Kier alpha value is -1.60. The van der Waals surface area contributed by atoms with Crippen LogP contribution in [0.5, 0.6) is 0 Å². The molecule has 0 saturated heterocycles. The molecule has 0 fully saturated rings. The first-order valence-electron chi connectivity index (χ1n) is 5.55. The quantitative estimate of drug-likeness (QED) is 0.648. The molecule has 104 valence electrons. The van der Waals surface area contributed by atoms with Crippen molar-refractivity contribution in [2.75, 3.05) is 12.4 Å². The van der Waals surface area contributed by atoms with Crippen molar-refractivity contribution in [3.05, 3.63) is 30.1 Å². The van der Waals surface area contributed by atoms with E-state index in [0.717, 1.165) is 0 Å². The van der Waals surface area contributed by atoms with Crippen LogP contribution in [0.2, 0.25) is 0 Å². The summed E-state index contributed by atoms with van der Waals surface area (Å²) in [6.07, 6.45) is 0.0444. The van der Waals surface area contributed by atoms with Crippen LogP contribution in [-0.4, -0.2) is 40.5 Å². The number of nitrogens with one attached hydrogen (secondary N) is 1. The maximum absolute atomic E-state index is 13.3. The van der Waals surface area contributed by atoms with E-state index in [4.69, 9.17) is 10.2 Å². The van der Waals surface area contributed by atoms with E-state index in [0.29, 0.717) is 10.6 Å². The molecule has 1 aromatic rings. The first-order chi connectivity index (χ1) is 9.04. The summed E-state index contributed by atoms with van der Waals surface area (Å²) in [5, 5.41) is 19.5. The number of aliphatic hydroxyl groups is 1. The van der Waals surface area contributed by atoms with E-state index < -0.39 is 24.5 Å². The second kappa shape index (κ2) is 7.75. The number of aliphatic hydroxyl groups excluding tert-OH is 1. The summed E-state index contributed by atoms with van der Waals surface area (Å²) in [4.78, 5) is 22.4. The van der Waals surface area contributed by atoms with E-state index >= 15 is 0 Å². The lowest BCUT2D eigenvalue weighted by molar-refractivity contribution is -0.142. The molecule has 0 aliphatic rings. The molecule has 1 rings (SSSR count). The lowest BCUT2D eigenvalue weighted by atomic mass is 10.3. The zero-order valence-corrected chi connectivity index (χ0v) is 10.8. The normalized spacial score (nSPS) is 11.9. The third-order valence-corrected chi connectivity index (χ3v) is 3.29. The van der Waals surface area contributed by atoms with Crippen molar-refractivity contribution in [2.45, 2.75) is 17.4 Å². The summed E-state index contributed by atoms with van der Waals surface area (Å²) < 4.78 is 13.3. The Morgan fingerprint density at radius 1 is 1.37 bits per heavy atom. The SMILES string of the molecule is O=C(CCSc1ccccc1F)NC(CO)C(=O)O. The molecule has 7 heteroatoms. The smallest absolute Gasteiger partial charge is 0.328 e. The number of hydrogen-bond acceptors (Lipinski definition) is 4. The largest absolute Gasteiger partial charge is 0.480 e. The van der Waals surface area contributed by atoms with Gasteiger partial charge in [0.1, 0.15) is 11.9 Å². The molecule has 0 heterocycles. The summed E-state index contributed by atoms with van der Waals surface area (Å²) in [5.74, 6) is -1.82. The predicted octanol–water partition coefficient (Wildman–Crippen LogP) is 0.870. The maximum Gasteiger partial charge on any atom is 0.328 e. The van der Waals surface area contributed by atoms with Gasteiger partial charge in [0.2, 0.25) is 5.91 Å². The molecular weight excluding hydrogens is 273 g/mol. The minimum atomic E-state index is -1.30. The minimum Gasteiger partial charge on any atom is -0.480 e. The summed E-state index contributed by atoms with van der Waals surface area (Å²) >= 11 is 1.17. The molecule has 0 radical (unpaired) electrons. The van der Waals surface area contributed by atoms with Crippen molar-refractivity contribution in [1.82, 2.24) is 5.32 Å². The third-order valence-electron chi connectivity index (χ3n) is 2.24. The minimum absolute atomic E-state index is 0.0444. The average molecular weight is 287 g/mol. The van der Waals surface area contributed by atoms with E-state index in [9.17, 15) is 14.0 Å². The van der Waals surface area contributed by atoms with Crippen molar-refractivity contribution in [3.63, 3.8) is 0 Å². The van der Waals surface area contributed by atoms with Crippen molar-refractivity contribution in [2.24, 2.45) is 0 Å². The highest BCUT2D eigenvalue weighted by Gasteiger charge is 2.18. The Balaban J connectivity index is 2.35. The number of halogens is 1. The number of carboxylic acids is 1. The van der Waals surface area contributed by atoms with Gasteiger partial charge in [-0.2, -0.15) is 0 Å². The van der Waals surface area contributed by atoms with Crippen LogP contribution in [0.25, 0.3) is 0 Å².